The minimum Gasteiger partial charge on any atom is -0.479 e. The van der Waals surface area contributed by atoms with Crippen LogP contribution >= 0.6 is 0 Å². The first-order valence-electron chi connectivity index (χ1n) is 4.08. The average molecular weight is 236 g/mol. The summed E-state index contributed by atoms with van der Waals surface area (Å²) in [4.78, 5) is 32.5. The normalized spacial score (nSPS) is 15.8. The quantitative estimate of drug-likeness (QED) is 0.462. The number of ether oxygens (including phenoxy) is 2. The van der Waals surface area contributed by atoms with Crippen LogP contribution in [0.3, 0.4) is 0 Å². The van der Waals surface area contributed by atoms with E-state index in [9.17, 15) is 19.5 Å². The highest BCUT2D eigenvalue weighted by Gasteiger charge is 2.50. The molecule has 0 aliphatic carbocycles. The van der Waals surface area contributed by atoms with Crippen LogP contribution in [0.15, 0.2) is 0 Å². The van der Waals surface area contributed by atoms with E-state index in [0.29, 0.717) is 0 Å². The smallest absolute Gasteiger partial charge is 0.341 e. The van der Waals surface area contributed by atoms with Crippen molar-refractivity contribution in [3.8, 4) is 0 Å². The van der Waals surface area contributed by atoms with Crippen LogP contribution in [-0.4, -0.2) is 59.2 Å². The van der Waals surface area contributed by atoms with E-state index in [2.05, 4.69) is 9.47 Å². The molecule has 0 aromatic carbocycles. The Morgan fingerprint density at radius 1 is 1.25 bits per heavy atom. The molecular formula is C8H12O8. The maximum atomic E-state index is 11.1. The Hall–Kier alpha value is -1.67. The maximum absolute atomic E-state index is 11.1. The zero-order valence-electron chi connectivity index (χ0n) is 8.67. The molecule has 0 heterocycles. The Balaban J connectivity index is 5.10. The standard InChI is InChI=1S/C8H12O8/c1-15-4(9)3-8(14,7(13)16-2)5(10)6(11)12/h5,10,14H,3H2,1-2H3,(H,11,12). The highest BCUT2D eigenvalue weighted by atomic mass is 16.6. The fourth-order valence-corrected chi connectivity index (χ4v) is 0.954. The zero-order valence-corrected chi connectivity index (χ0v) is 8.67. The van der Waals surface area contributed by atoms with Gasteiger partial charge < -0.3 is 24.8 Å². The lowest BCUT2D eigenvalue weighted by Crippen LogP contribution is -2.55. The summed E-state index contributed by atoms with van der Waals surface area (Å²) in [7, 11) is 1.85. The van der Waals surface area contributed by atoms with Gasteiger partial charge in [-0.1, -0.05) is 0 Å². The first kappa shape index (κ1) is 14.3. The second-order valence-electron chi connectivity index (χ2n) is 2.91. The largest absolute Gasteiger partial charge is 0.479 e. The minimum absolute atomic E-state index is 0.874. The van der Waals surface area contributed by atoms with E-state index >= 15 is 0 Å². The van der Waals surface area contributed by atoms with Crippen LogP contribution in [0.25, 0.3) is 0 Å². The van der Waals surface area contributed by atoms with Crippen LogP contribution in [0.5, 0.6) is 0 Å². The van der Waals surface area contributed by atoms with Gasteiger partial charge in [-0.15, -0.1) is 0 Å². The first-order chi connectivity index (χ1) is 7.29. The number of carbonyl (C=O) groups is 3. The molecule has 0 bridgehead atoms. The topological polar surface area (TPSA) is 130 Å². The summed E-state index contributed by atoms with van der Waals surface area (Å²) in [6.07, 6.45) is -3.51. The Morgan fingerprint density at radius 2 is 1.75 bits per heavy atom. The van der Waals surface area contributed by atoms with E-state index in [4.69, 9.17) is 10.2 Å². The third kappa shape index (κ3) is 2.91. The van der Waals surface area contributed by atoms with Crippen molar-refractivity contribution in [1.29, 1.82) is 0 Å². The molecule has 16 heavy (non-hydrogen) atoms. The van der Waals surface area contributed by atoms with Gasteiger partial charge in [0.1, 0.15) is 0 Å². The van der Waals surface area contributed by atoms with Gasteiger partial charge in [0.25, 0.3) is 0 Å². The Labute approximate surface area is 90.4 Å². The lowest BCUT2D eigenvalue weighted by atomic mass is 9.93. The molecule has 8 heteroatoms. The van der Waals surface area contributed by atoms with E-state index in [-0.39, 0.29) is 0 Å². The van der Waals surface area contributed by atoms with Gasteiger partial charge in [0.2, 0.25) is 5.60 Å². The minimum atomic E-state index is -2.87. The molecule has 0 aliphatic heterocycles. The predicted octanol–water partition coefficient (Wildman–Crippen LogP) is -2.10. The molecule has 0 aliphatic rings. The molecule has 0 amide bonds. The van der Waals surface area contributed by atoms with Crippen molar-refractivity contribution in [2.45, 2.75) is 18.1 Å². The third-order valence-corrected chi connectivity index (χ3v) is 1.87. The third-order valence-electron chi connectivity index (χ3n) is 1.87. The molecule has 2 atom stereocenters. The van der Waals surface area contributed by atoms with Crippen molar-refractivity contribution in [2.24, 2.45) is 0 Å². The summed E-state index contributed by atoms with van der Waals surface area (Å²) >= 11 is 0. The number of carboxylic acid groups (broad SMARTS) is 1. The van der Waals surface area contributed by atoms with Crippen LogP contribution in [0.2, 0.25) is 0 Å². The predicted molar refractivity (Wildman–Crippen MR) is 47.2 cm³/mol. The lowest BCUT2D eigenvalue weighted by Gasteiger charge is -2.26. The van der Waals surface area contributed by atoms with Crippen LogP contribution < -0.4 is 0 Å². The summed E-state index contributed by atoms with van der Waals surface area (Å²) in [5.41, 5.74) is -2.87. The highest BCUT2D eigenvalue weighted by Crippen LogP contribution is 2.19. The summed E-state index contributed by atoms with van der Waals surface area (Å²) in [5.74, 6) is -4.36. The van der Waals surface area contributed by atoms with Crippen molar-refractivity contribution in [3.05, 3.63) is 0 Å². The number of aliphatic hydroxyl groups is 2. The van der Waals surface area contributed by atoms with Gasteiger partial charge in [0, 0.05) is 0 Å². The monoisotopic (exact) mass is 236 g/mol. The molecule has 0 saturated heterocycles. The number of rotatable bonds is 5. The SMILES string of the molecule is COC(=O)CC(O)(C(=O)OC)C(O)C(=O)O. The van der Waals surface area contributed by atoms with Crippen molar-refractivity contribution in [2.75, 3.05) is 14.2 Å². The highest BCUT2D eigenvalue weighted by molar-refractivity contribution is 5.92. The second kappa shape index (κ2) is 5.42. The number of hydrogen-bond donors (Lipinski definition) is 3. The maximum Gasteiger partial charge on any atom is 0.341 e. The molecule has 92 valence electrons. The van der Waals surface area contributed by atoms with Crippen LogP contribution in [-0.2, 0) is 23.9 Å². The van der Waals surface area contributed by atoms with Gasteiger partial charge in [-0.2, -0.15) is 0 Å². The van der Waals surface area contributed by atoms with E-state index in [1.165, 1.54) is 0 Å². The number of esters is 2. The van der Waals surface area contributed by atoms with E-state index < -0.39 is 36.0 Å². The van der Waals surface area contributed by atoms with Gasteiger partial charge in [-0.25, -0.2) is 9.59 Å². The van der Waals surface area contributed by atoms with Crippen LogP contribution in [0.1, 0.15) is 6.42 Å². The van der Waals surface area contributed by atoms with Crippen LogP contribution in [0, 0.1) is 0 Å². The molecule has 0 radical (unpaired) electrons. The molecule has 0 rings (SSSR count). The molecule has 0 saturated carbocycles. The van der Waals surface area contributed by atoms with Gasteiger partial charge in [-0.05, 0) is 0 Å². The number of hydrogen-bond acceptors (Lipinski definition) is 7. The van der Waals surface area contributed by atoms with Gasteiger partial charge in [-0.3, -0.25) is 4.79 Å². The van der Waals surface area contributed by atoms with E-state index in [0.717, 1.165) is 14.2 Å². The van der Waals surface area contributed by atoms with Crippen molar-refractivity contribution >= 4 is 17.9 Å². The molecular weight excluding hydrogens is 224 g/mol. The molecule has 3 N–H and O–H groups in total. The van der Waals surface area contributed by atoms with Gasteiger partial charge in [0.05, 0.1) is 20.6 Å². The average Bonchev–Trinajstić information content (AvgIpc) is 2.25. The number of carboxylic acids is 1. The fraction of sp³-hybridized carbons (Fsp3) is 0.625. The van der Waals surface area contributed by atoms with Crippen molar-refractivity contribution in [1.82, 2.24) is 0 Å². The molecule has 0 aromatic heterocycles. The number of aliphatic carboxylic acids is 1. The number of aliphatic hydroxyl groups excluding tert-OH is 1. The molecule has 0 fully saturated rings. The van der Waals surface area contributed by atoms with Gasteiger partial charge >= 0.3 is 17.9 Å². The summed E-state index contributed by atoms with van der Waals surface area (Å²) in [6, 6.07) is 0. The fourth-order valence-electron chi connectivity index (χ4n) is 0.954. The Kier molecular flexibility index (Phi) is 4.86. The van der Waals surface area contributed by atoms with Gasteiger partial charge in [0.15, 0.2) is 6.10 Å². The first-order valence-corrected chi connectivity index (χ1v) is 4.08. The van der Waals surface area contributed by atoms with E-state index in [1.807, 2.05) is 0 Å². The molecule has 8 nitrogen and oxygen atoms in total. The Bertz CT molecular complexity index is 298. The summed E-state index contributed by atoms with van der Waals surface area (Å²) < 4.78 is 8.27. The second-order valence-corrected chi connectivity index (χ2v) is 2.91. The number of methoxy groups -OCH3 is 2. The molecule has 0 aromatic rings. The Morgan fingerprint density at radius 3 is 2.06 bits per heavy atom. The van der Waals surface area contributed by atoms with E-state index in [1.54, 1.807) is 0 Å². The molecule has 0 spiro atoms. The van der Waals surface area contributed by atoms with Crippen LogP contribution in [0.4, 0.5) is 0 Å². The lowest BCUT2D eigenvalue weighted by molar-refractivity contribution is -0.190. The van der Waals surface area contributed by atoms with Crippen molar-refractivity contribution in [3.63, 3.8) is 0 Å². The number of carbonyl (C=O) groups excluding carboxylic acids is 2. The molecule has 2 unspecified atom stereocenters. The zero-order chi connectivity index (χ0) is 12.9. The summed E-state index contributed by atoms with van der Waals surface area (Å²) in [6.45, 7) is 0. The van der Waals surface area contributed by atoms with Crippen molar-refractivity contribution < 1.29 is 39.2 Å². The summed E-state index contributed by atoms with van der Waals surface area (Å²) in [5, 5.41) is 27.2.